The van der Waals surface area contributed by atoms with Crippen molar-refractivity contribution in [2.24, 2.45) is 0 Å². The van der Waals surface area contributed by atoms with Gasteiger partial charge in [0.1, 0.15) is 0 Å². The van der Waals surface area contributed by atoms with Crippen molar-refractivity contribution in [1.29, 1.82) is 0 Å². The van der Waals surface area contributed by atoms with Crippen LogP contribution in [0.5, 0.6) is 0 Å². The van der Waals surface area contributed by atoms with Gasteiger partial charge in [0.25, 0.3) is 5.92 Å². The van der Waals surface area contributed by atoms with Gasteiger partial charge in [0.15, 0.2) is 5.92 Å². The SMILES string of the molecule is FC(F)(F)c1cc[c-]nc1.[CH2-]C(F)(F)C(F)(F)CC.[U+2]. The molecule has 0 aliphatic carbocycles. The smallest absolute Gasteiger partial charge is 0.394 e. The van der Waals surface area contributed by atoms with E-state index in [1.165, 1.54) is 0 Å². The van der Waals surface area contributed by atoms with Gasteiger partial charge in [-0.05, 0) is 5.56 Å². The van der Waals surface area contributed by atoms with Crippen molar-refractivity contribution in [3.63, 3.8) is 0 Å². The Kier molecular flexibility index (Phi) is 9.05. The molecule has 1 heterocycles. The number of aromatic nitrogens is 1. The third-order valence-electron chi connectivity index (χ3n) is 1.92. The van der Waals surface area contributed by atoms with Gasteiger partial charge in [-0.2, -0.15) is 25.3 Å². The molecule has 0 aliphatic heterocycles. The first-order valence-electron chi connectivity index (χ1n) is 4.92. The molecule has 0 N–H and O–H groups in total. The number of pyridine rings is 1. The van der Waals surface area contributed by atoms with Crippen LogP contribution in [0.15, 0.2) is 18.3 Å². The molecule has 0 aromatic carbocycles. The minimum Gasteiger partial charge on any atom is -0.394 e. The number of halogens is 7. The zero-order chi connectivity index (χ0) is 15.3. The average Bonchev–Trinajstić information content (AvgIpc) is 2.28. The summed E-state index contributed by atoms with van der Waals surface area (Å²) in [5.74, 6) is -8.10. The Labute approximate surface area is 135 Å². The summed E-state index contributed by atoms with van der Waals surface area (Å²) < 4.78 is 82.2. The van der Waals surface area contributed by atoms with Gasteiger partial charge in [-0.1, -0.05) is 19.3 Å². The second-order valence-corrected chi connectivity index (χ2v) is 3.44. The average molecular weight is 527 g/mol. The summed E-state index contributed by atoms with van der Waals surface area (Å²) in [6.45, 7) is 3.01. The third-order valence-corrected chi connectivity index (χ3v) is 1.92. The Bertz CT molecular complexity index is 373. The monoisotopic (exact) mass is 527 g/mol. The molecule has 0 saturated heterocycles. The Morgan fingerprint density at radius 3 is 1.80 bits per heavy atom. The zero-order valence-electron chi connectivity index (χ0n) is 10.2. The molecule has 0 amide bonds. The molecule has 20 heavy (non-hydrogen) atoms. The van der Waals surface area contributed by atoms with Crippen LogP contribution in [0.4, 0.5) is 30.7 Å². The second-order valence-electron chi connectivity index (χ2n) is 3.44. The van der Waals surface area contributed by atoms with Gasteiger partial charge >= 0.3 is 37.3 Å². The zero-order valence-corrected chi connectivity index (χ0v) is 14.4. The maximum Gasteiger partial charge on any atom is 2.00 e. The summed E-state index contributed by atoms with van der Waals surface area (Å²) in [6.07, 6.45) is -2.18. The van der Waals surface area contributed by atoms with Crippen molar-refractivity contribution in [2.75, 3.05) is 0 Å². The van der Waals surface area contributed by atoms with Crippen LogP contribution in [0.3, 0.4) is 0 Å². The Morgan fingerprint density at radius 2 is 1.65 bits per heavy atom. The van der Waals surface area contributed by atoms with Crippen LogP contribution in [0, 0.1) is 44.2 Å². The standard InChI is InChI=1S/C6H3F3N.C5H7F4.U/c7-6(8,9)5-2-1-3-10-4-5;1-3-5(8,9)4(2,6)7;/h1-2,4H;2-3H2,1H3;/q2*-1;+2. The van der Waals surface area contributed by atoms with E-state index in [-0.39, 0.29) is 31.1 Å². The van der Waals surface area contributed by atoms with Gasteiger partial charge in [0.2, 0.25) is 0 Å². The van der Waals surface area contributed by atoms with E-state index in [0.29, 0.717) is 0 Å². The Morgan fingerprint density at radius 1 is 1.15 bits per heavy atom. The molecule has 1 rings (SSSR count). The molecule has 0 radical (unpaired) electrons. The van der Waals surface area contributed by atoms with E-state index < -0.39 is 30.0 Å². The fraction of sp³-hybridized carbons (Fsp3) is 0.455. The molecule has 0 bridgehead atoms. The third kappa shape index (κ3) is 7.48. The summed E-state index contributed by atoms with van der Waals surface area (Å²) in [5.41, 5.74) is -0.744. The maximum absolute atomic E-state index is 11.8. The quantitative estimate of drug-likeness (QED) is 0.411. The van der Waals surface area contributed by atoms with Crippen molar-refractivity contribution in [2.45, 2.75) is 31.4 Å². The molecule has 0 atom stereocenters. The van der Waals surface area contributed by atoms with Crippen LogP contribution in [0.25, 0.3) is 0 Å². The second kappa shape index (κ2) is 8.23. The topological polar surface area (TPSA) is 12.9 Å². The van der Waals surface area contributed by atoms with E-state index in [1.54, 1.807) is 0 Å². The fourth-order valence-corrected chi connectivity index (χ4v) is 0.746. The number of hydrogen-bond donors (Lipinski definition) is 0. The van der Waals surface area contributed by atoms with Crippen LogP contribution in [0.1, 0.15) is 18.9 Å². The molecular weight excluding hydrogens is 517 g/mol. The van der Waals surface area contributed by atoms with Crippen molar-refractivity contribution in [1.82, 2.24) is 4.98 Å². The van der Waals surface area contributed by atoms with Crippen molar-refractivity contribution in [3.8, 4) is 0 Å². The van der Waals surface area contributed by atoms with Crippen LogP contribution in [0.2, 0.25) is 0 Å². The van der Waals surface area contributed by atoms with E-state index in [2.05, 4.69) is 11.2 Å². The number of nitrogens with zero attached hydrogens (tertiary/aromatic N) is 1. The number of rotatable bonds is 2. The molecule has 0 fully saturated rings. The first-order chi connectivity index (χ1) is 8.42. The van der Waals surface area contributed by atoms with E-state index in [4.69, 9.17) is 0 Å². The first kappa shape index (κ1) is 22.0. The van der Waals surface area contributed by atoms with Gasteiger partial charge in [-0.25, -0.2) is 17.6 Å². The fourth-order valence-electron chi connectivity index (χ4n) is 0.746. The molecule has 112 valence electrons. The largest absolute Gasteiger partial charge is 2.00 e. The van der Waals surface area contributed by atoms with Crippen molar-refractivity contribution < 1.29 is 61.8 Å². The minimum atomic E-state index is -4.29. The van der Waals surface area contributed by atoms with Gasteiger partial charge in [0, 0.05) is 6.42 Å². The van der Waals surface area contributed by atoms with E-state index >= 15 is 0 Å². The summed E-state index contributed by atoms with van der Waals surface area (Å²) in [4.78, 5) is 3.21. The van der Waals surface area contributed by atoms with Gasteiger partial charge in [-0.3, -0.25) is 6.92 Å². The van der Waals surface area contributed by atoms with Crippen LogP contribution >= 0.6 is 0 Å². The van der Waals surface area contributed by atoms with Crippen LogP contribution in [-0.4, -0.2) is 16.8 Å². The van der Waals surface area contributed by atoms with Crippen molar-refractivity contribution in [3.05, 3.63) is 37.0 Å². The number of alkyl halides is 7. The minimum absolute atomic E-state index is 0. The van der Waals surface area contributed by atoms with Gasteiger partial charge in [-0.15, -0.1) is 0 Å². The van der Waals surface area contributed by atoms with Crippen LogP contribution in [-0.2, 0) is 6.18 Å². The summed E-state index contributed by atoms with van der Waals surface area (Å²) in [7, 11) is 0. The summed E-state index contributed by atoms with van der Waals surface area (Å²) in [6, 6.07) is 2.05. The maximum atomic E-state index is 11.8. The normalized spacial score (nSPS) is 12.1. The van der Waals surface area contributed by atoms with Crippen LogP contribution < -0.4 is 0 Å². The number of hydrogen-bond acceptors (Lipinski definition) is 1. The summed E-state index contributed by atoms with van der Waals surface area (Å²) in [5, 5.41) is 0. The van der Waals surface area contributed by atoms with E-state index in [0.717, 1.165) is 25.3 Å². The molecule has 0 saturated carbocycles. The molecule has 0 unspecified atom stereocenters. The van der Waals surface area contributed by atoms with Gasteiger partial charge < -0.3 is 4.98 Å². The molecule has 0 aliphatic rings. The Hall–Kier alpha value is -0.288. The first-order valence-corrected chi connectivity index (χ1v) is 4.92. The van der Waals surface area contributed by atoms with Gasteiger partial charge in [0.05, 0.1) is 0 Å². The van der Waals surface area contributed by atoms with E-state index in [1.807, 2.05) is 6.92 Å². The Balaban J connectivity index is 0. The molecule has 1 aromatic heterocycles. The molecular formula is C11H10F7NU. The molecule has 1 aromatic rings. The molecule has 1 nitrogen and oxygen atoms in total. The molecule has 9 heteroatoms. The predicted molar refractivity (Wildman–Crippen MR) is 53.6 cm³/mol. The molecule has 0 spiro atoms. The summed E-state index contributed by atoms with van der Waals surface area (Å²) >= 11 is 0. The van der Waals surface area contributed by atoms with E-state index in [9.17, 15) is 30.7 Å². The van der Waals surface area contributed by atoms with Crippen molar-refractivity contribution >= 4 is 0 Å². The predicted octanol–water partition coefficient (Wildman–Crippen LogP) is 4.40.